The number of benzene rings is 3. The molecule has 0 aliphatic heterocycles. The molecule has 0 spiro atoms. The van der Waals surface area contributed by atoms with Gasteiger partial charge in [0.05, 0.1) is 19.9 Å². The fourth-order valence-corrected chi connectivity index (χ4v) is 5.35. The van der Waals surface area contributed by atoms with Crippen molar-refractivity contribution >= 4 is 40.6 Å². The Balaban J connectivity index is 1.73. The number of hydrogen-bond acceptors (Lipinski definition) is 6. The number of anilines is 1. The van der Waals surface area contributed by atoms with Crippen LogP contribution in [0.1, 0.15) is 11.3 Å². The van der Waals surface area contributed by atoms with Gasteiger partial charge in [-0.3, -0.25) is 0 Å². The fourth-order valence-electron chi connectivity index (χ4n) is 3.97. The van der Waals surface area contributed by atoms with Crippen LogP contribution in [0.15, 0.2) is 54.6 Å². The normalized spacial score (nSPS) is 11.5. The molecule has 34 heavy (non-hydrogen) atoms. The number of fused-ring (bicyclic) bond motifs is 1. The van der Waals surface area contributed by atoms with E-state index < -0.39 is 7.14 Å². The molecule has 3 aromatic carbocycles. The van der Waals surface area contributed by atoms with Gasteiger partial charge in [0.2, 0.25) is 0 Å². The highest BCUT2D eigenvalue weighted by atomic mass is 35.5. The summed E-state index contributed by atoms with van der Waals surface area (Å²) in [6.45, 7) is 5.98. The van der Waals surface area contributed by atoms with Crippen molar-refractivity contribution < 1.29 is 14.0 Å². The molecule has 0 radical (unpaired) electrons. The minimum atomic E-state index is -2.50. The Morgan fingerprint density at radius 1 is 0.941 bits per heavy atom. The average Bonchev–Trinajstić information content (AvgIpc) is 2.82. The van der Waals surface area contributed by atoms with Crippen LogP contribution in [0.25, 0.3) is 21.9 Å². The van der Waals surface area contributed by atoms with Crippen LogP contribution in [0.2, 0.25) is 5.02 Å². The summed E-state index contributed by atoms with van der Waals surface area (Å²) in [5.41, 5.74) is 3.59. The molecule has 1 N–H and O–H groups in total. The van der Waals surface area contributed by atoms with Gasteiger partial charge in [0.25, 0.3) is 0 Å². The van der Waals surface area contributed by atoms with Gasteiger partial charge >= 0.3 is 0 Å². The molecule has 0 saturated carbocycles. The second-order valence-electron chi connectivity index (χ2n) is 8.44. The second-order valence-corrected chi connectivity index (χ2v) is 12.1. The van der Waals surface area contributed by atoms with E-state index in [9.17, 15) is 4.57 Å². The van der Waals surface area contributed by atoms with Gasteiger partial charge in [-0.2, -0.15) is 5.10 Å². The summed E-state index contributed by atoms with van der Waals surface area (Å²) >= 11 is 6.29. The molecule has 0 fully saturated rings. The number of nitrogens with zero attached hydrogens (tertiary/aromatic N) is 2. The van der Waals surface area contributed by atoms with E-state index in [4.69, 9.17) is 21.1 Å². The molecule has 4 aromatic rings. The highest BCUT2D eigenvalue weighted by molar-refractivity contribution is 7.70. The van der Waals surface area contributed by atoms with Gasteiger partial charge in [-0.25, -0.2) is 0 Å². The summed E-state index contributed by atoms with van der Waals surface area (Å²) < 4.78 is 23.7. The molecule has 176 valence electrons. The molecule has 6 nitrogen and oxygen atoms in total. The number of nitrogens with one attached hydrogen (secondary N) is 1. The van der Waals surface area contributed by atoms with E-state index in [1.165, 1.54) is 0 Å². The van der Waals surface area contributed by atoms with Gasteiger partial charge in [-0.15, -0.1) is 5.10 Å². The van der Waals surface area contributed by atoms with E-state index in [1.807, 2.05) is 49.4 Å². The lowest BCUT2D eigenvalue weighted by atomic mass is 10.0. The zero-order valence-electron chi connectivity index (χ0n) is 19.8. The monoisotopic (exact) mass is 495 g/mol. The largest absolute Gasteiger partial charge is 0.497 e. The standard InChI is InChI=1S/C26H27ClN3O3P/c1-16-22-12-17(23-13-19(27)8-11-25(23)34(4,5)31)7-10-21(22)26(30-29-16)28-15-18-6-9-20(32-2)14-24(18)33-3/h6-14H,15H2,1-5H3,(H,28,30). The van der Waals surface area contributed by atoms with Gasteiger partial charge < -0.3 is 19.4 Å². The van der Waals surface area contributed by atoms with Crippen molar-refractivity contribution in [1.82, 2.24) is 10.2 Å². The van der Waals surface area contributed by atoms with Crippen molar-refractivity contribution in [2.24, 2.45) is 0 Å². The Morgan fingerprint density at radius 3 is 2.44 bits per heavy atom. The van der Waals surface area contributed by atoms with Crippen LogP contribution in [0, 0.1) is 6.92 Å². The lowest BCUT2D eigenvalue weighted by Gasteiger charge is -2.16. The average molecular weight is 496 g/mol. The first-order valence-electron chi connectivity index (χ1n) is 10.8. The van der Waals surface area contributed by atoms with Crippen LogP contribution in [0.4, 0.5) is 5.82 Å². The van der Waals surface area contributed by atoms with Crippen molar-refractivity contribution in [3.8, 4) is 22.6 Å². The van der Waals surface area contributed by atoms with Crippen molar-refractivity contribution in [2.75, 3.05) is 32.9 Å². The zero-order chi connectivity index (χ0) is 24.5. The molecular formula is C26H27ClN3O3P. The lowest BCUT2D eigenvalue weighted by molar-refractivity contribution is 0.391. The molecule has 0 aliphatic carbocycles. The lowest BCUT2D eigenvalue weighted by Crippen LogP contribution is -2.08. The maximum absolute atomic E-state index is 12.9. The predicted molar refractivity (Wildman–Crippen MR) is 141 cm³/mol. The Bertz CT molecular complexity index is 1420. The van der Waals surface area contributed by atoms with Crippen LogP contribution in [-0.2, 0) is 11.1 Å². The number of methoxy groups -OCH3 is 2. The summed E-state index contributed by atoms with van der Waals surface area (Å²) in [5.74, 6) is 2.14. The Kier molecular flexibility index (Phi) is 6.83. The van der Waals surface area contributed by atoms with Gasteiger partial charge in [0, 0.05) is 39.3 Å². The summed E-state index contributed by atoms with van der Waals surface area (Å²) in [6, 6.07) is 17.3. The fraction of sp³-hybridized carbons (Fsp3) is 0.231. The molecule has 0 saturated heterocycles. The van der Waals surface area contributed by atoms with Crippen molar-refractivity contribution in [3.05, 3.63) is 70.9 Å². The molecule has 0 atom stereocenters. The molecule has 1 heterocycles. The van der Waals surface area contributed by atoms with E-state index in [0.29, 0.717) is 17.4 Å². The summed E-state index contributed by atoms with van der Waals surface area (Å²) in [7, 11) is 0.760. The zero-order valence-corrected chi connectivity index (χ0v) is 21.5. The van der Waals surface area contributed by atoms with Crippen molar-refractivity contribution in [1.29, 1.82) is 0 Å². The highest BCUT2D eigenvalue weighted by Crippen LogP contribution is 2.40. The van der Waals surface area contributed by atoms with E-state index in [1.54, 1.807) is 33.6 Å². The van der Waals surface area contributed by atoms with Gasteiger partial charge in [-0.1, -0.05) is 17.7 Å². The Morgan fingerprint density at radius 2 is 1.74 bits per heavy atom. The summed E-state index contributed by atoms with van der Waals surface area (Å²) in [6.07, 6.45) is 0. The topological polar surface area (TPSA) is 73.3 Å². The van der Waals surface area contributed by atoms with Crippen molar-refractivity contribution in [3.63, 3.8) is 0 Å². The first kappa shape index (κ1) is 24.1. The number of aryl methyl sites for hydroxylation is 1. The van der Waals surface area contributed by atoms with Gasteiger partial charge in [-0.05, 0) is 73.8 Å². The van der Waals surface area contributed by atoms with E-state index >= 15 is 0 Å². The molecule has 0 unspecified atom stereocenters. The first-order valence-corrected chi connectivity index (χ1v) is 13.8. The molecule has 0 bridgehead atoms. The minimum absolute atomic E-state index is 0.509. The molecule has 4 rings (SSSR count). The number of rotatable bonds is 7. The van der Waals surface area contributed by atoms with Crippen LogP contribution in [0.5, 0.6) is 11.5 Å². The number of ether oxygens (including phenoxy) is 2. The Hall–Kier alpha value is -3.08. The van der Waals surface area contributed by atoms with Crippen LogP contribution in [0.3, 0.4) is 0 Å². The quantitative estimate of drug-likeness (QED) is 0.311. The molecule has 0 aliphatic rings. The van der Waals surface area contributed by atoms with Gasteiger partial charge in [0.1, 0.15) is 18.6 Å². The molecule has 1 aromatic heterocycles. The number of halogens is 1. The SMILES string of the molecule is COc1ccc(CNc2nnc(C)c3cc(-c4cc(Cl)ccc4P(C)(C)=O)ccc23)c(OC)c1. The van der Waals surface area contributed by atoms with E-state index in [2.05, 4.69) is 21.6 Å². The van der Waals surface area contributed by atoms with Crippen LogP contribution < -0.4 is 20.1 Å². The second kappa shape index (κ2) is 9.65. The summed E-state index contributed by atoms with van der Waals surface area (Å²) in [5, 5.41) is 15.5. The van der Waals surface area contributed by atoms with Crippen molar-refractivity contribution in [2.45, 2.75) is 13.5 Å². The Labute approximate surface area is 204 Å². The molecule has 8 heteroatoms. The van der Waals surface area contributed by atoms with Crippen LogP contribution >= 0.6 is 18.7 Å². The number of hydrogen-bond donors (Lipinski definition) is 1. The number of aromatic nitrogens is 2. The molecular weight excluding hydrogens is 469 g/mol. The third-order valence-electron chi connectivity index (χ3n) is 5.75. The molecule has 0 amide bonds. The first-order chi connectivity index (χ1) is 16.2. The highest BCUT2D eigenvalue weighted by Gasteiger charge is 2.18. The van der Waals surface area contributed by atoms with E-state index in [0.717, 1.165) is 50.0 Å². The minimum Gasteiger partial charge on any atom is -0.497 e. The smallest absolute Gasteiger partial charge is 0.156 e. The predicted octanol–water partition coefficient (Wildman–Crippen LogP) is 6.14. The van der Waals surface area contributed by atoms with Crippen LogP contribution in [-0.4, -0.2) is 37.7 Å². The maximum Gasteiger partial charge on any atom is 0.156 e. The van der Waals surface area contributed by atoms with Gasteiger partial charge in [0.15, 0.2) is 5.82 Å². The maximum atomic E-state index is 12.9. The third kappa shape index (κ3) is 4.89. The third-order valence-corrected chi connectivity index (χ3v) is 7.54. The summed E-state index contributed by atoms with van der Waals surface area (Å²) in [4.78, 5) is 0. The van der Waals surface area contributed by atoms with E-state index in [-0.39, 0.29) is 0 Å².